The molecule has 1 fully saturated rings. The van der Waals surface area contributed by atoms with Gasteiger partial charge in [0.2, 0.25) is 0 Å². The summed E-state index contributed by atoms with van der Waals surface area (Å²) in [5.41, 5.74) is 2.14. The number of hydrogen-bond acceptors (Lipinski definition) is 4. The molecule has 1 saturated heterocycles. The maximum atomic E-state index is 6.06. The van der Waals surface area contributed by atoms with Crippen molar-refractivity contribution in [3.05, 3.63) is 71.8 Å². The summed E-state index contributed by atoms with van der Waals surface area (Å²) in [6.07, 6.45) is 3.77. The zero-order valence-corrected chi connectivity index (χ0v) is 14.2. The Morgan fingerprint density at radius 2 is 1.40 bits per heavy atom. The second-order valence-electron chi connectivity index (χ2n) is 5.85. The van der Waals surface area contributed by atoms with E-state index in [4.69, 9.17) is 25.4 Å². The van der Waals surface area contributed by atoms with Crippen molar-refractivity contribution in [2.75, 3.05) is 7.11 Å². The third-order valence-corrected chi connectivity index (χ3v) is 4.14. The summed E-state index contributed by atoms with van der Waals surface area (Å²) >= 11 is 0. The van der Waals surface area contributed by atoms with Crippen LogP contribution in [0.3, 0.4) is 0 Å². The van der Waals surface area contributed by atoms with Gasteiger partial charge in [0.05, 0.1) is 13.2 Å². The summed E-state index contributed by atoms with van der Waals surface area (Å²) in [4.78, 5) is 0. The molecule has 0 amide bonds. The quantitative estimate of drug-likeness (QED) is 0.727. The normalized spacial score (nSPS) is 25.6. The predicted molar refractivity (Wildman–Crippen MR) is 94.5 cm³/mol. The summed E-state index contributed by atoms with van der Waals surface area (Å²) in [7, 11) is 1.58. The lowest BCUT2D eigenvalue weighted by atomic mass is 10.1. The van der Waals surface area contributed by atoms with E-state index in [0.717, 1.165) is 11.1 Å². The first-order valence-electron chi connectivity index (χ1n) is 8.27. The van der Waals surface area contributed by atoms with Gasteiger partial charge in [-0.15, -0.1) is 6.42 Å². The van der Waals surface area contributed by atoms with Crippen LogP contribution in [0.2, 0.25) is 0 Å². The highest BCUT2D eigenvalue weighted by atomic mass is 16.7. The van der Waals surface area contributed by atoms with E-state index in [1.54, 1.807) is 7.11 Å². The molecule has 1 aliphatic rings. The highest BCUT2D eigenvalue weighted by molar-refractivity contribution is 5.15. The Morgan fingerprint density at radius 1 is 0.880 bits per heavy atom. The fourth-order valence-electron chi connectivity index (χ4n) is 2.84. The minimum absolute atomic E-state index is 0.390. The molecular formula is C21H22O4. The SMILES string of the molecule is C#C[C@H]1O[C@H](OC)[C@@H](OCc2ccccc2)[C@@H]1OCc1ccccc1. The molecule has 1 heterocycles. The van der Waals surface area contributed by atoms with Crippen molar-refractivity contribution in [3.63, 3.8) is 0 Å². The van der Waals surface area contributed by atoms with Crippen molar-refractivity contribution in [2.45, 2.75) is 37.8 Å². The molecule has 3 rings (SSSR count). The molecule has 4 atom stereocenters. The summed E-state index contributed by atoms with van der Waals surface area (Å²) in [6, 6.07) is 19.9. The summed E-state index contributed by atoms with van der Waals surface area (Å²) in [5, 5.41) is 0. The van der Waals surface area contributed by atoms with Gasteiger partial charge in [-0.3, -0.25) is 0 Å². The number of ether oxygens (including phenoxy) is 4. The molecule has 0 N–H and O–H groups in total. The molecule has 0 aromatic heterocycles. The van der Waals surface area contributed by atoms with Gasteiger partial charge in [0.15, 0.2) is 6.29 Å². The molecular weight excluding hydrogens is 316 g/mol. The fourth-order valence-corrected chi connectivity index (χ4v) is 2.84. The van der Waals surface area contributed by atoms with E-state index in [1.807, 2.05) is 60.7 Å². The molecule has 0 aliphatic carbocycles. The fraction of sp³-hybridized carbons (Fsp3) is 0.333. The first kappa shape index (κ1) is 17.7. The van der Waals surface area contributed by atoms with E-state index in [1.165, 1.54) is 0 Å². The van der Waals surface area contributed by atoms with Crippen LogP contribution in [0.5, 0.6) is 0 Å². The molecule has 4 nitrogen and oxygen atoms in total. The third kappa shape index (κ3) is 4.47. The van der Waals surface area contributed by atoms with E-state index in [2.05, 4.69) is 5.92 Å². The van der Waals surface area contributed by atoms with Crippen LogP contribution in [0.15, 0.2) is 60.7 Å². The molecule has 4 heteroatoms. The molecule has 1 aliphatic heterocycles. The lowest BCUT2D eigenvalue weighted by molar-refractivity contribution is -0.163. The molecule has 0 spiro atoms. The molecule has 2 aromatic rings. The van der Waals surface area contributed by atoms with Crippen LogP contribution < -0.4 is 0 Å². The van der Waals surface area contributed by atoms with Crippen molar-refractivity contribution < 1.29 is 18.9 Å². The average molecular weight is 338 g/mol. The lowest BCUT2D eigenvalue weighted by Gasteiger charge is -2.23. The number of hydrogen-bond donors (Lipinski definition) is 0. The highest BCUT2D eigenvalue weighted by Gasteiger charge is 2.46. The van der Waals surface area contributed by atoms with E-state index < -0.39 is 18.5 Å². The Hall–Kier alpha value is -2.16. The van der Waals surface area contributed by atoms with E-state index in [0.29, 0.717) is 13.2 Å². The topological polar surface area (TPSA) is 36.9 Å². The molecule has 2 aromatic carbocycles. The molecule has 0 radical (unpaired) electrons. The van der Waals surface area contributed by atoms with Gasteiger partial charge in [-0.1, -0.05) is 66.6 Å². The van der Waals surface area contributed by atoms with Gasteiger partial charge in [-0.05, 0) is 11.1 Å². The predicted octanol–water partition coefficient (Wildman–Crippen LogP) is 3.16. The molecule has 130 valence electrons. The summed E-state index contributed by atoms with van der Waals surface area (Å²) in [5.74, 6) is 2.64. The van der Waals surface area contributed by atoms with Crippen LogP contribution in [-0.2, 0) is 32.2 Å². The van der Waals surface area contributed by atoms with Crippen LogP contribution in [-0.4, -0.2) is 31.7 Å². The average Bonchev–Trinajstić information content (AvgIpc) is 3.03. The Bertz CT molecular complexity index is 680. The van der Waals surface area contributed by atoms with Crippen LogP contribution in [0.4, 0.5) is 0 Å². The van der Waals surface area contributed by atoms with Gasteiger partial charge in [0.25, 0.3) is 0 Å². The van der Waals surface area contributed by atoms with Crippen molar-refractivity contribution in [1.29, 1.82) is 0 Å². The van der Waals surface area contributed by atoms with E-state index in [9.17, 15) is 0 Å². The van der Waals surface area contributed by atoms with E-state index >= 15 is 0 Å². The molecule has 0 bridgehead atoms. The van der Waals surface area contributed by atoms with E-state index in [-0.39, 0.29) is 6.10 Å². The van der Waals surface area contributed by atoms with Crippen molar-refractivity contribution in [1.82, 2.24) is 0 Å². The van der Waals surface area contributed by atoms with Gasteiger partial charge >= 0.3 is 0 Å². The monoisotopic (exact) mass is 338 g/mol. The molecule has 0 unspecified atom stereocenters. The van der Waals surface area contributed by atoms with Gasteiger partial charge in [0.1, 0.15) is 18.3 Å². The van der Waals surface area contributed by atoms with Crippen molar-refractivity contribution in [2.24, 2.45) is 0 Å². The van der Waals surface area contributed by atoms with Gasteiger partial charge in [0, 0.05) is 7.11 Å². The van der Waals surface area contributed by atoms with Crippen molar-refractivity contribution >= 4 is 0 Å². The third-order valence-electron chi connectivity index (χ3n) is 4.14. The maximum absolute atomic E-state index is 6.06. The number of benzene rings is 2. The van der Waals surface area contributed by atoms with Gasteiger partial charge in [-0.25, -0.2) is 0 Å². The zero-order valence-electron chi connectivity index (χ0n) is 14.2. The Labute approximate surface area is 148 Å². The second-order valence-corrected chi connectivity index (χ2v) is 5.85. The molecule has 25 heavy (non-hydrogen) atoms. The van der Waals surface area contributed by atoms with Crippen LogP contribution in [0.25, 0.3) is 0 Å². The summed E-state index contributed by atoms with van der Waals surface area (Å²) in [6.45, 7) is 0.881. The van der Waals surface area contributed by atoms with Gasteiger partial charge < -0.3 is 18.9 Å². The number of methoxy groups -OCH3 is 1. The van der Waals surface area contributed by atoms with Crippen LogP contribution in [0.1, 0.15) is 11.1 Å². The Balaban J connectivity index is 1.68. The Kier molecular flexibility index (Phi) is 6.21. The first-order chi connectivity index (χ1) is 12.3. The minimum atomic E-state index is -0.550. The minimum Gasteiger partial charge on any atom is -0.367 e. The van der Waals surface area contributed by atoms with Crippen LogP contribution >= 0.6 is 0 Å². The second kappa shape index (κ2) is 8.80. The number of rotatable bonds is 7. The van der Waals surface area contributed by atoms with Crippen LogP contribution in [0, 0.1) is 12.3 Å². The number of terminal acetylenes is 1. The van der Waals surface area contributed by atoms with Gasteiger partial charge in [-0.2, -0.15) is 0 Å². The smallest absolute Gasteiger partial charge is 0.187 e. The lowest BCUT2D eigenvalue weighted by Crippen LogP contribution is -2.37. The maximum Gasteiger partial charge on any atom is 0.187 e. The van der Waals surface area contributed by atoms with Crippen molar-refractivity contribution in [3.8, 4) is 12.3 Å². The molecule has 0 saturated carbocycles. The largest absolute Gasteiger partial charge is 0.367 e. The first-order valence-corrected chi connectivity index (χ1v) is 8.27. The highest BCUT2D eigenvalue weighted by Crippen LogP contribution is 2.28. The standard InChI is InChI=1S/C21H22O4/c1-3-18-19(23-14-16-10-6-4-7-11-16)20(21(22-2)25-18)24-15-17-12-8-5-9-13-17/h1,4-13,18-21H,14-15H2,2H3/t18-,19-,20+,21+/m1/s1. The Morgan fingerprint density at radius 3 is 1.88 bits per heavy atom. The summed E-state index contributed by atoms with van der Waals surface area (Å²) < 4.78 is 23.3. The zero-order chi connectivity index (χ0) is 17.5.